The minimum absolute atomic E-state index is 0.101. The van der Waals surface area contributed by atoms with Gasteiger partial charge in [0.25, 0.3) is 0 Å². The summed E-state index contributed by atoms with van der Waals surface area (Å²) < 4.78 is 4.18. The molecule has 0 radical (unpaired) electrons. The average molecular weight is 247 g/mol. The molecule has 0 bridgehead atoms. The van der Waals surface area contributed by atoms with Crippen LogP contribution < -0.4 is 5.32 Å². The molecule has 0 aliphatic carbocycles. The van der Waals surface area contributed by atoms with E-state index in [2.05, 4.69) is 40.6 Å². The third-order valence-corrected chi connectivity index (χ3v) is 2.83. The van der Waals surface area contributed by atoms with Crippen LogP contribution in [0.15, 0.2) is 24.9 Å². The van der Waals surface area contributed by atoms with Gasteiger partial charge < -0.3 is 14.5 Å². The van der Waals surface area contributed by atoms with E-state index in [4.69, 9.17) is 0 Å². The van der Waals surface area contributed by atoms with E-state index in [0.717, 1.165) is 18.9 Å². The average Bonchev–Trinajstić information content (AvgIpc) is 2.86. The van der Waals surface area contributed by atoms with Crippen LogP contribution in [0.5, 0.6) is 0 Å². The van der Waals surface area contributed by atoms with Crippen LogP contribution in [0.25, 0.3) is 0 Å². The summed E-state index contributed by atoms with van der Waals surface area (Å²) in [5.41, 5.74) is 1.27. The highest BCUT2D eigenvalue weighted by atomic mass is 15.1. The summed E-state index contributed by atoms with van der Waals surface area (Å²) in [5, 5.41) is 3.45. The SMILES string of the molecule is Cn1cncc1Cn1ccnc1CNC(C)(C)C. The van der Waals surface area contributed by atoms with Crippen LogP contribution in [0.2, 0.25) is 0 Å². The Morgan fingerprint density at radius 2 is 2.11 bits per heavy atom. The molecule has 0 spiro atoms. The van der Waals surface area contributed by atoms with Gasteiger partial charge in [-0.25, -0.2) is 9.97 Å². The van der Waals surface area contributed by atoms with Gasteiger partial charge in [0.05, 0.1) is 25.1 Å². The zero-order valence-electron chi connectivity index (χ0n) is 11.5. The van der Waals surface area contributed by atoms with E-state index in [0.29, 0.717) is 0 Å². The number of rotatable bonds is 4. The molecule has 98 valence electrons. The van der Waals surface area contributed by atoms with Gasteiger partial charge in [-0.15, -0.1) is 0 Å². The van der Waals surface area contributed by atoms with Crippen molar-refractivity contribution in [3.8, 4) is 0 Å². The second-order valence-corrected chi connectivity index (χ2v) is 5.57. The Bertz CT molecular complexity index is 503. The maximum atomic E-state index is 4.40. The van der Waals surface area contributed by atoms with Crippen LogP contribution >= 0.6 is 0 Å². The first-order valence-electron chi connectivity index (χ1n) is 6.16. The van der Waals surface area contributed by atoms with Crippen molar-refractivity contribution < 1.29 is 0 Å². The summed E-state index contributed by atoms with van der Waals surface area (Å²) in [5.74, 6) is 1.05. The van der Waals surface area contributed by atoms with Gasteiger partial charge in [0.1, 0.15) is 5.82 Å². The van der Waals surface area contributed by atoms with Gasteiger partial charge in [-0.1, -0.05) is 0 Å². The molecule has 0 aliphatic rings. The quantitative estimate of drug-likeness (QED) is 0.891. The van der Waals surface area contributed by atoms with Gasteiger partial charge in [0.15, 0.2) is 0 Å². The first kappa shape index (κ1) is 12.8. The minimum atomic E-state index is 0.101. The zero-order chi connectivity index (χ0) is 13.2. The third-order valence-electron chi connectivity index (χ3n) is 2.83. The normalized spacial score (nSPS) is 12.0. The van der Waals surface area contributed by atoms with E-state index >= 15 is 0 Å². The lowest BCUT2D eigenvalue weighted by molar-refractivity contribution is 0.412. The Balaban J connectivity index is 2.06. The molecule has 0 atom stereocenters. The van der Waals surface area contributed by atoms with Gasteiger partial charge in [-0.3, -0.25) is 0 Å². The lowest BCUT2D eigenvalue weighted by Gasteiger charge is -2.20. The summed E-state index contributed by atoms with van der Waals surface area (Å²) in [6.07, 6.45) is 7.56. The Hall–Kier alpha value is -1.62. The predicted molar refractivity (Wildman–Crippen MR) is 71.1 cm³/mol. The van der Waals surface area contributed by atoms with Gasteiger partial charge >= 0.3 is 0 Å². The van der Waals surface area contributed by atoms with E-state index in [1.165, 1.54) is 5.69 Å². The molecule has 0 saturated heterocycles. The Morgan fingerprint density at radius 3 is 2.72 bits per heavy atom. The molecule has 0 aromatic carbocycles. The van der Waals surface area contributed by atoms with Crippen molar-refractivity contribution in [2.24, 2.45) is 7.05 Å². The van der Waals surface area contributed by atoms with Crippen LogP contribution in [0.3, 0.4) is 0 Å². The minimum Gasteiger partial charge on any atom is -0.336 e. The first-order chi connectivity index (χ1) is 8.46. The smallest absolute Gasteiger partial charge is 0.123 e. The third kappa shape index (κ3) is 3.20. The molecule has 2 aromatic heterocycles. The molecule has 0 fully saturated rings. The Morgan fingerprint density at radius 1 is 1.33 bits per heavy atom. The van der Waals surface area contributed by atoms with E-state index in [1.807, 2.05) is 36.5 Å². The van der Waals surface area contributed by atoms with Crippen molar-refractivity contribution in [3.63, 3.8) is 0 Å². The summed E-state index contributed by atoms with van der Waals surface area (Å²) in [6, 6.07) is 0. The van der Waals surface area contributed by atoms with Crippen LogP contribution in [0, 0.1) is 0 Å². The number of nitrogens with zero attached hydrogens (tertiary/aromatic N) is 4. The van der Waals surface area contributed by atoms with E-state index < -0.39 is 0 Å². The summed E-state index contributed by atoms with van der Waals surface area (Å²) in [4.78, 5) is 8.53. The van der Waals surface area contributed by atoms with E-state index in [-0.39, 0.29) is 5.54 Å². The Kier molecular flexibility index (Phi) is 3.52. The number of imidazole rings is 2. The maximum Gasteiger partial charge on any atom is 0.123 e. The van der Waals surface area contributed by atoms with Crippen molar-refractivity contribution in [1.29, 1.82) is 0 Å². The molecular formula is C13H21N5. The second kappa shape index (κ2) is 4.94. The van der Waals surface area contributed by atoms with Gasteiger partial charge in [-0.2, -0.15) is 0 Å². The molecule has 5 nitrogen and oxygen atoms in total. The summed E-state index contributed by atoms with van der Waals surface area (Å²) >= 11 is 0. The highest BCUT2D eigenvalue weighted by Crippen LogP contribution is 2.06. The molecule has 2 rings (SSSR count). The molecule has 0 aliphatic heterocycles. The van der Waals surface area contributed by atoms with Crippen LogP contribution in [0.1, 0.15) is 32.3 Å². The fourth-order valence-electron chi connectivity index (χ4n) is 1.71. The highest BCUT2D eigenvalue weighted by Gasteiger charge is 2.11. The topological polar surface area (TPSA) is 47.7 Å². The number of aryl methyl sites for hydroxylation is 1. The Labute approximate surface area is 108 Å². The summed E-state index contributed by atoms with van der Waals surface area (Å²) in [7, 11) is 2.01. The fourth-order valence-corrected chi connectivity index (χ4v) is 1.71. The van der Waals surface area contributed by atoms with Crippen LogP contribution in [-0.4, -0.2) is 24.6 Å². The van der Waals surface area contributed by atoms with Crippen molar-refractivity contribution in [2.75, 3.05) is 0 Å². The first-order valence-corrected chi connectivity index (χ1v) is 6.16. The van der Waals surface area contributed by atoms with Gasteiger partial charge in [-0.05, 0) is 20.8 Å². The number of nitrogens with one attached hydrogen (secondary N) is 1. The molecule has 0 unspecified atom stereocenters. The number of hydrogen-bond donors (Lipinski definition) is 1. The van der Waals surface area contributed by atoms with Crippen molar-refractivity contribution in [1.82, 2.24) is 24.4 Å². The van der Waals surface area contributed by atoms with Gasteiger partial charge in [0.2, 0.25) is 0 Å². The van der Waals surface area contributed by atoms with E-state index in [9.17, 15) is 0 Å². The van der Waals surface area contributed by atoms with E-state index in [1.54, 1.807) is 0 Å². The standard InChI is InChI=1S/C13H21N5/c1-13(2,3)16-8-12-15-5-6-18(12)9-11-7-14-10-17(11)4/h5-7,10,16H,8-9H2,1-4H3. The number of hydrogen-bond acceptors (Lipinski definition) is 3. The van der Waals surface area contributed by atoms with Crippen molar-refractivity contribution in [3.05, 3.63) is 36.4 Å². The molecule has 2 aromatic rings. The molecule has 0 saturated carbocycles. The number of aromatic nitrogens is 4. The molecule has 18 heavy (non-hydrogen) atoms. The molecule has 2 heterocycles. The maximum absolute atomic E-state index is 4.40. The second-order valence-electron chi connectivity index (χ2n) is 5.57. The monoisotopic (exact) mass is 247 g/mol. The van der Waals surface area contributed by atoms with Gasteiger partial charge in [0, 0.05) is 31.2 Å². The molecular weight excluding hydrogens is 226 g/mol. The zero-order valence-corrected chi connectivity index (χ0v) is 11.5. The van der Waals surface area contributed by atoms with Crippen molar-refractivity contribution >= 4 is 0 Å². The van der Waals surface area contributed by atoms with Crippen LogP contribution in [-0.2, 0) is 20.1 Å². The largest absolute Gasteiger partial charge is 0.336 e. The lowest BCUT2D eigenvalue weighted by atomic mass is 10.1. The molecule has 1 N–H and O–H groups in total. The van der Waals surface area contributed by atoms with Crippen molar-refractivity contribution in [2.45, 2.75) is 39.4 Å². The fraction of sp³-hybridized carbons (Fsp3) is 0.538. The lowest BCUT2D eigenvalue weighted by Crippen LogP contribution is -2.36. The highest BCUT2D eigenvalue weighted by molar-refractivity contribution is 5.03. The molecule has 5 heteroatoms. The predicted octanol–water partition coefficient (Wildman–Crippen LogP) is 1.55. The summed E-state index contributed by atoms with van der Waals surface area (Å²) in [6.45, 7) is 8.04. The van der Waals surface area contributed by atoms with Crippen LogP contribution in [0.4, 0.5) is 0 Å². The molecule has 0 amide bonds.